The third-order valence-corrected chi connectivity index (χ3v) is 4.09. The van der Waals surface area contributed by atoms with Gasteiger partial charge in [-0.2, -0.15) is 0 Å². The molecule has 0 bridgehead atoms. The van der Waals surface area contributed by atoms with Crippen molar-refractivity contribution in [3.63, 3.8) is 0 Å². The van der Waals surface area contributed by atoms with E-state index in [1.54, 1.807) is 13.1 Å². The first-order valence-corrected chi connectivity index (χ1v) is 6.55. The lowest BCUT2D eigenvalue weighted by molar-refractivity contribution is -0.139. The molecule has 0 aromatic heterocycles. The molecule has 2 rings (SSSR count). The maximum absolute atomic E-state index is 12.4. The first kappa shape index (κ1) is 13.5. The average Bonchev–Trinajstić information content (AvgIpc) is 2.34. The number of likely N-dealkylation sites (N-methyl/N-ethyl adjacent to an activating group) is 1. The quantitative estimate of drug-likeness (QED) is 0.863. The molecule has 0 spiro atoms. The second-order valence-corrected chi connectivity index (χ2v) is 5.47. The van der Waals surface area contributed by atoms with Crippen LogP contribution in [0.25, 0.3) is 0 Å². The Balaban J connectivity index is 2.53. The monoisotopic (exact) mass is 267 g/mol. The first-order valence-electron chi connectivity index (χ1n) is 6.17. The second-order valence-electron chi connectivity index (χ2n) is 5.06. The minimum atomic E-state index is -0.919. The molecule has 0 radical (unpaired) electrons. The molecule has 98 valence electrons. The van der Waals surface area contributed by atoms with E-state index in [9.17, 15) is 9.90 Å². The summed E-state index contributed by atoms with van der Waals surface area (Å²) < 4.78 is 0. The van der Waals surface area contributed by atoms with Crippen LogP contribution in [0.15, 0.2) is 24.3 Å². The molecule has 1 aliphatic rings. The summed E-state index contributed by atoms with van der Waals surface area (Å²) in [4.78, 5) is 12.4. The Kier molecular flexibility index (Phi) is 3.76. The van der Waals surface area contributed by atoms with Crippen LogP contribution in [-0.2, 0) is 10.3 Å². The molecular formula is C14H18ClNO2. The van der Waals surface area contributed by atoms with Gasteiger partial charge in [0.1, 0.15) is 11.6 Å². The smallest absolute Gasteiger partial charge is 0.185 e. The van der Waals surface area contributed by atoms with Gasteiger partial charge in [-0.05, 0) is 37.4 Å². The number of aliphatic hydroxyl groups excluding tert-OH is 1. The number of aliphatic hydroxyl groups is 1. The highest BCUT2D eigenvalue weighted by atomic mass is 35.5. The number of hydrogen-bond donors (Lipinski definition) is 2. The summed E-state index contributed by atoms with van der Waals surface area (Å²) in [5.41, 5.74) is -0.111. The second kappa shape index (κ2) is 5.00. The van der Waals surface area contributed by atoms with Gasteiger partial charge in [-0.15, -0.1) is 0 Å². The predicted octanol–water partition coefficient (Wildman–Crippen LogP) is 2.11. The topological polar surface area (TPSA) is 49.3 Å². The van der Waals surface area contributed by atoms with Crippen molar-refractivity contribution < 1.29 is 9.90 Å². The molecule has 1 aromatic rings. The standard InChI is InChI=1S/C14H18ClNO2/c1-9-7-12(17)13(18)14(8-9,16-2)10-5-3-4-6-11(10)15/h3-6,9,12,16-17H,7-8H2,1-2H3/t9-,12-,14-/m1/s1. The summed E-state index contributed by atoms with van der Waals surface area (Å²) in [5, 5.41) is 13.6. The third kappa shape index (κ3) is 2.07. The zero-order valence-electron chi connectivity index (χ0n) is 10.6. The van der Waals surface area contributed by atoms with Crippen LogP contribution >= 0.6 is 11.6 Å². The predicted molar refractivity (Wildman–Crippen MR) is 71.6 cm³/mol. The van der Waals surface area contributed by atoms with E-state index in [-0.39, 0.29) is 11.7 Å². The Morgan fingerprint density at radius 3 is 2.72 bits per heavy atom. The normalized spacial score (nSPS) is 32.6. The van der Waals surface area contributed by atoms with Gasteiger partial charge in [0.15, 0.2) is 5.78 Å². The van der Waals surface area contributed by atoms with Crippen molar-refractivity contribution in [3.8, 4) is 0 Å². The van der Waals surface area contributed by atoms with Gasteiger partial charge >= 0.3 is 0 Å². The Morgan fingerprint density at radius 1 is 1.44 bits per heavy atom. The number of carbonyl (C=O) groups excluding carboxylic acids is 1. The number of hydrogen-bond acceptors (Lipinski definition) is 3. The molecule has 0 aliphatic heterocycles. The Labute approximate surface area is 112 Å². The van der Waals surface area contributed by atoms with Gasteiger partial charge in [-0.1, -0.05) is 36.7 Å². The fraction of sp³-hybridized carbons (Fsp3) is 0.500. The molecule has 2 N–H and O–H groups in total. The summed E-state index contributed by atoms with van der Waals surface area (Å²) in [6.07, 6.45) is 0.257. The molecule has 1 aliphatic carbocycles. The lowest BCUT2D eigenvalue weighted by Gasteiger charge is -2.41. The van der Waals surface area contributed by atoms with Crippen LogP contribution in [0, 0.1) is 5.92 Å². The van der Waals surface area contributed by atoms with Crippen LogP contribution in [0.3, 0.4) is 0 Å². The molecule has 1 saturated carbocycles. The average molecular weight is 268 g/mol. The van der Waals surface area contributed by atoms with Crippen molar-refractivity contribution in [1.82, 2.24) is 5.32 Å². The molecule has 18 heavy (non-hydrogen) atoms. The van der Waals surface area contributed by atoms with Crippen LogP contribution in [0.2, 0.25) is 5.02 Å². The highest BCUT2D eigenvalue weighted by Crippen LogP contribution is 2.40. The summed E-state index contributed by atoms with van der Waals surface area (Å²) in [5.74, 6) is 0.0811. The van der Waals surface area contributed by atoms with Crippen LogP contribution in [-0.4, -0.2) is 24.0 Å². The number of Topliss-reactive ketones (excluding diaryl/α,β-unsaturated/α-hetero) is 1. The van der Waals surface area contributed by atoms with Crippen molar-refractivity contribution >= 4 is 17.4 Å². The van der Waals surface area contributed by atoms with E-state index in [4.69, 9.17) is 11.6 Å². The number of rotatable bonds is 2. The van der Waals surface area contributed by atoms with Crippen molar-refractivity contribution in [1.29, 1.82) is 0 Å². The van der Waals surface area contributed by atoms with E-state index >= 15 is 0 Å². The lowest BCUT2D eigenvalue weighted by atomic mass is 9.70. The zero-order chi connectivity index (χ0) is 13.3. The number of carbonyl (C=O) groups is 1. The van der Waals surface area contributed by atoms with Crippen LogP contribution < -0.4 is 5.32 Å². The van der Waals surface area contributed by atoms with E-state index in [1.165, 1.54) is 0 Å². The third-order valence-electron chi connectivity index (χ3n) is 3.76. The molecule has 0 amide bonds. The molecule has 1 aromatic carbocycles. The summed E-state index contributed by atoms with van der Waals surface area (Å²) in [6, 6.07) is 7.32. The van der Waals surface area contributed by atoms with E-state index in [0.29, 0.717) is 17.9 Å². The maximum Gasteiger partial charge on any atom is 0.185 e. The van der Waals surface area contributed by atoms with Crippen molar-refractivity contribution in [2.24, 2.45) is 5.92 Å². The highest BCUT2D eigenvalue weighted by Gasteiger charge is 2.47. The number of halogens is 1. The van der Waals surface area contributed by atoms with Gasteiger partial charge in [0.2, 0.25) is 0 Å². The minimum absolute atomic E-state index is 0.184. The van der Waals surface area contributed by atoms with Crippen molar-refractivity contribution in [3.05, 3.63) is 34.9 Å². The van der Waals surface area contributed by atoms with Crippen LogP contribution in [0.5, 0.6) is 0 Å². The van der Waals surface area contributed by atoms with Gasteiger partial charge in [-0.25, -0.2) is 0 Å². The van der Waals surface area contributed by atoms with E-state index < -0.39 is 11.6 Å². The van der Waals surface area contributed by atoms with Gasteiger partial charge in [0, 0.05) is 5.02 Å². The van der Waals surface area contributed by atoms with E-state index in [1.807, 2.05) is 25.1 Å². The van der Waals surface area contributed by atoms with Gasteiger partial charge < -0.3 is 10.4 Å². The molecule has 0 saturated heterocycles. The fourth-order valence-corrected chi connectivity index (χ4v) is 3.19. The zero-order valence-corrected chi connectivity index (χ0v) is 11.4. The minimum Gasteiger partial charge on any atom is -0.385 e. The van der Waals surface area contributed by atoms with Crippen LogP contribution in [0.4, 0.5) is 0 Å². The van der Waals surface area contributed by atoms with E-state index in [0.717, 1.165) is 5.56 Å². The molecule has 3 atom stereocenters. The van der Waals surface area contributed by atoms with Gasteiger partial charge in [-0.3, -0.25) is 4.79 Å². The Bertz CT molecular complexity index is 463. The molecular weight excluding hydrogens is 250 g/mol. The van der Waals surface area contributed by atoms with Crippen molar-refractivity contribution in [2.75, 3.05) is 7.05 Å². The molecule has 0 unspecified atom stereocenters. The maximum atomic E-state index is 12.4. The molecule has 3 nitrogen and oxygen atoms in total. The fourth-order valence-electron chi connectivity index (χ4n) is 2.89. The highest BCUT2D eigenvalue weighted by molar-refractivity contribution is 6.31. The molecule has 1 fully saturated rings. The number of ketones is 1. The molecule has 0 heterocycles. The molecule has 4 heteroatoms. The summed E-state index contributed by atoms with van der Waals surface area (Å²) >= 11 is 6.21. The Hall–Kier alpha value is -0.900. The first-order chi connectivity index (χ1) is 8.51. The van der Waals surface area contributed by atoms with Gasteiger partial charge in [0.25, 0.3) is 0 Å². The van der Waals surface area contributed by atoms with Crippen molar-refractivity contribution in [2.45, 2.75) is 31.4 Å². The number of benzene rings is 1. The van der Waals surface area contributed by atoms with E-state index in [2.05, 4.69) is 5.32 Å². The SMILES string of the molecule is CN[C@@]1(c2ccccc2Cl)C[C@H](C)C[C@@H](O)C1=O. The summed E-state index contributed by atoms with van der Waals surface area (Å²) in [7, 11) is 1.74. The largest absolute Gasteiger partial charge is 0.385 e. The summed E-state index contributed by atoms with van der Waals surface area (Å²) in [6.45, 7) is 2.04. The Morgan fingerprint density at radius 2 is 2.11 bits per heavy atom. The van der Waals surface area contributed by atoms with Crippen LogP contribution in [0.1, 0.15) is 25.3 Å². The lowest BCUT2D eigenvalue weighted by Crippen LogP contribution is -2.56. The van der Waals surface area contributed by atoms with Gasteiger partial charge in [0.05, 0.1) is 0 Å². The number of nitrogens with one attached hydrogen (secondary N) is 1.